The van der Waals surface area contributed by atoms with E-state index in [0.29, 0.717) is 16.0 Å². The van der Waals surface area contributed by atoms with Crippen LogP contribution in [0, 0.1) is 0 Å². The van der Waals surface area contributed by atoms with E-state index in [-0.39, 0.29) is 24.3 Å². The van der Waals surface area contributed by atoms with Crippen molar-refractivity contribution in [3.05, 3.63) is 35.0 Å². The van der Waals surface area contributed by atoms with Crippen LogP contribution in [0.5, 0.6) is 0 Å². The fourth-order valence-corrected chi connectivity index (χ4v) is 1.92. The molecule has 1 aromatic heterocycles. The van der Waals surface area contributed by atoms with E-state index in [0.717, 1.165) is 6.42 Å². The number of esters is 1. The van der Waals surface area contributed by atoms with E-state index in [2.05, 4.69) is 5.32 Å². The molecule has 1 amide bonds. The summed E-state index contributed by atoms with van der Waals surface area (Å²) in [5.74, 6) is -0.970. The van der Waals surface area contributed by atoms with E-state index < -0.39 is 5.97 Å². The summed E-state index contributed by atoms with van der Waals surface area (Å²) in [6, 6.07) is 6.61. The van der Waals surface area contributed by atoms with Gasteiger partial charge in [-0.25, -0.2) is 4.79 Å². The first-order valence-electron chi connectivity index (χ1n) is 6.65. The fraction of sp³-hybridized carbons (Fsp3) is 0.333. The normalized spacial score (nSPS) is 12.1. The van der Waals surface area contributed by atoms with Gasteiger partial charge in [-0.05, 0) is 37.6 Å². The number of furan rings is 1. The third-order valence-electron chi connectivity index (χ3n) is 3.03. The summed E-state index contributed by atoms with van der Waals surface area (Å²) < 4.78 is 10.3. The van der Waals surface area contributed by atoms with Gasteiger partial charge in [0.1, 0.15) is 5.58 Å². The molecule has 0 fully saturated rings. The smallest absolute Gasteiger partial charge is 0.374 e. The minimum absolute atomic E-state index is 0.0450. The van der Waals surface area contributed by atoms with Gasteiger partial charge in [-0.2, -0.15) is 0 Å². The largest absolute Gasteiger partial charge is 0.450 e. The maximum absolute atomic E-state index is 11.8. The average molecular weight is 310 g/mol. The highest BCUT2D eigenvalue weighted by molar-refractivity contribution is 6.31. The van der Waals surface area contributed by atoms with Gasteiger partial charge >= 0.3 is 5.97 Å². The Kier molecular flexibility index (Phi) is 4.85. The van der Waals surface area contributed by atoms with E-state index in [1.807, 2.05) is 13.8 Å². The van der Waals surface area contributed by atoms with Crippen molar-refractivity contribution in [2.45, 2.75) is 26.3 Å². The zero-order chi connectivity index (χ0) is 15.4. The molecular formula is C15H16ClNO4. The number of nitrogens with one attached hydrogen (secondary N) is 1. The first-order valence-corrected chi connectivity index (χ1v) is 7.03. The van der Waals surface area contributed by atoms with Crippen molar-refractivity contribution >= 4 is 34.4 Å². The van der Waals surface area contributed by atoms with Gasteiger partial charge < -0.3 is 14.5 Å². The minimum atomic E-state index is -0.679. The van der Waals surface area contributed by atoms with E-state index in [9.17, 15) is 9.59 Å². The topological polar surface area (TPSA) is 68.5 Å². The second-order valence-electron chi connectivity index (χ2n) is 4.75. The molecule has 0 aliphatic carbocycles. The summed E-state index contributed by atoms with van der Waals surface area (Å²) in [7, 11) is 0. The van der Waals surface area contributed by atoms with Crippen molar-refractivity contribution in [2.24, 2.45) is 0 Å². The molecule has 1 heterocycles. The summed E-state index contributed by atoms with van der Waals surface area (Å²) in [4.78, 5) is 23.4. The number of carbonyl (C=O) groups is 2. The average Bonchev–Trinajstić information content (AvgIpc) is 2.87. The highest BCUT2D eigenvalue weighted by Gasteiger charge is 2.16. The third-order valence-corrected chi connectivity index (χ3v) is 3.27. The van der Waals surface area contributed by atoms with Crippen molar-refractivity contribution in [1.82, 2.24) is 5.32 Å². The molecule has 0 aliphatic rings. The number of halogens is 1. The van der Waals surface area contributed by atoms with Crippen LogP contribution in [-0.2, 0) is 9.53 Å². The number of amides is 1. The van der Waals surface area contributed by atoms with Crippen molar-refractivity contribution in [1.29, 1.82) is 0 Å². The molecule has 0 radical (unpaired) electrons. The Morgan fingerprint density at radius 3 is 2.86 bits per heavy atom. The van der Waals surface area contributed by atoms with Crippen LogP contribution >= 0.6 is 11.6 Å². The van der Waals surface area contributed by atoms with Crippen molar-refractivity contribution in [3.8, 4) is 0 Å². The molecule has 2 aromatic rings. The van der Waals surface area contributed by atoms with Gasteiger partial charge in [-0.3, -0.25) is 4.79 Å². The lowest BCUT2D eigenvalue weighted by Crippen LogP contribution is -2.35. The van der Waals surface area contributed by atoms with Crippen LogP contribution in [0.3, 0.4) is 0 Å². The molecule has 21 heavy (non-hydrogen) atoms. The van der Waals surface area contributed by atoms with Gasteiger partial charge in [-0.15, -0.1) is 0 Å². The Morgan fingerprint density at radius 1 is 1.38 bits per heavy atom. The van der Waals surface area contributed by atoms with Crippen molar-refractivity contribution in [3.63, 3.8) is 0 Å². The lowest BCUT2D eigenvalue weighted by Gasteiger charge is -2.10. The van der Waals surface area contributed by atoms with E-state index in [1.165, 1.54) is 6.07 Å². The number of benzene rings is 1. The highest BCUT2D eigenvalue weighted by Crippen LogP contribution is 2.23. The Balaban J connectivity index is 1.97. The Labute approximate surface area is 127 Å². The summed E-state index contributed by atoms with van der Waals surface area (Å²) in [5, 5.41) is 3.97. The highest BCUT2D eigenvalue weighted by atomic mass is 35.5. The Hall–Kier alpha value is -2.01. The molecule has 5 nitrogen and oxygen atoms in total. The monoisotopic (exact) mass is 309 g/mol. The quantitative estimate of drug-likeness (QED) is 0.861. The molecule has 1 N–H and O–H groups in total. The Bertz CT molecular complexity index is 665. The Morgan fingerprint density at radius 2 is 2.14 bits per heavy atom. The summed E-state index contributed by atoms with van der Waals surface area (Å²) in [6.07, 6.45) is 0.810. The number of ether oxygens (including phenoxy) is 1. The van der Waals surface area contributed by atoms with Crippen LogP contribution in [-0.4, -0.2) is 24.5 Å². The first kappa shape index (κ1) is 15.4. The van der Waals surface area contributed by atoms with Crippen molar-refractivity contribution < 1.29 is 18.7 Å². The summed E-state index contributed by atoms with van der Waals surface area (Å²) in [6.45, 7) is 3.50. The fourth-order valence-electron chi connectivity index (χ4n) is 1.74. The molecule has 1 unspecified atom stereocenters. The maximum atomic E-state index is 11.8. The number of rotatable bonds is 5. The van der Waals surface area contributed by atoms with Gasteiger partial charge in [0, 0.05) is 16.5 Å². The predicted molar refractivity (Wildman–Crippen MR) is 79.4 cm³/mol. The number of hydrogen-bond acceptors (Lipinski definition) is 4. The second-order valence-corrected chi connectivity index (χ2v) is 5.18. The third kappa shape index (κ3) is 3.98. The van der Waals surface area contributed by atoms with Crippen LogP contribution in [0.1, 0.15) is 30.8 Å². The van der Waals surface area contributed by atoms with Gasteiger partial charge in [-0.1, -0.05) is 18.5 Å². The molecular weight excluding hydrogens is 294 g/mol. The zero-order valence-electron chi connectivity index (χ0n) is 11.8. The molecule has 1 atom stereocenters. The molecule has 6 heteroatoms. The number of hydrogen-bond donors (Lipinski definition) is 1. The second kappa shape index (κ2) is 6.63. The molecule has 112 valence electrons. The van der Waals surface area contributed by atoms with Crippen LogP contribution in [0.15, 0.2) is 28.7 Å². The molecule has 0 saturated heterocycles. The van der Waals surface area contributed by atoms with Crippen LogP contribution < -0.4 is 5.32 Å². The zero-order valence-corrected chi connectivity index (χ0v) is 12.6. The molecule has 0 bridgehead atoms. The lowest BCUT2D eigenvalue weighted by molar-refractivity contribution is -0.124. The molecule has 0 saturated carbocycles. The van der Waals surface area contributed by atoms with Gasteiger partial charge in [0.2, 0.25) is 5.76 Å². The first-order chi connectivity index (χ1) is 9.99. The van der Waals surface area contributed by atoms with Gasteiger partial charge in [0.25, 0.3) is 5.91 Å². The summed E-state index contributed by atoms with van der Waals surface area (Å²) >= 11 is 5.86. The van der Waals surface area contributed by atoms with E-state index in [1.54, 1.807) is 18.2 Å². The van der Waals surface area contributed by atoms with Gasteiger partial charge in [0.05, 0.1) is 0 Å². The molecule has 0 spiro atoms. The van der Waals surface area contributed by atoms with Crippen molar-refractivity contribution in [2.75, 3.05) is 6.61 Å². The summed E-state index contributed by atoms with van der Waals surface area (Å²) in [5.41, 5.74) is 0.537. The maximum Gasteiger partial charge on any atom is 0.374 e. The van der Waals surface area contributed by atoms with E-state index in [4.69, 9.17) is 20.8 Å². The standard InChI is InChI=1S/C15H16ClNO4/c1-3-9(2)17-14(18)8-20-15(19)13-7-10-6-11(16)4-5-12(10)21-13/h4-7,9H,3,8H2,1-2H3,(H,17,18). The van der Waals surface area contributed by atoms with Crippen LogP contribution in [0.2, 0.25) is 5.02 Å². The number of carbonyl (C=O) groups excluding carboxylic acids is 2. The molecule has 2 rings (SSSR count). The van der Waals surface area contributed by atoms with Crippen LogP contribution in [0.4, 0.5) is 0 Å². The minimum Gasteiger partial charge on any atom is -0.450 e. The van der Waals surface area contributed by atoms with Gasteiger partial charge in [0.15, 0.2) is 6.61 Å². The predicted octanol–water partition coefficient (Wildman–Crippen LogP) is 3.16. The number of fused-ring (bicyclic) bond motifs is 1. The molecule has 0 aliphatic heterocycles. The SMILES string of the molecule is CCC(C)NC(=O)COC(=O)c1cc2cc(Cl)ccc2o1. The lowest BCUT2D eigenvalue weighted by atomic mass is 10.2. The molecule has 1 aromatic carbocycles. The van der Waals surface area contributed by atoms with Crippen LogP contribution in [0.25, 0.3) is 11.0 Å². The van der Waals surface area contributed by atoms with E-state index >= 15 is 0 Å².